The Hall–Kier alpha value is -2.82. The summed E-state index contributed by atoms with van der Waals surface area (Å²) in [7, 11) is 0. The molecule has 0 aliphatic carbocycles. The molecule has 5 nitrogen and oxygen atoms in total. The maximum absolute atomic E-state index is 13.1. The van der Waals surface area contributed by atoms with Gasteiger partial charge in [0.1, 0.15) is 11.8 Å². The van der Waals surface area contributed by atoms with Crippen LogP contribution in [0.5, 0.6) is 5.75 Å². The molecule has 0 aliphatic heterocycles. The molecule has 162 valence electrons. The summed E-state index contributed by atoms with van der Waals surface area (Å²) in [5.41, 5.74) is 2.17. The summed E-state index contributed by atoms with van der Waals surface area (Å²) >= 11 is 0. The molecule has 2 rings (SSSR count). The standard InChI is InChI=1S/C25H34N2O3/c1-4-16-26-25(29)23(5-2)27(19-21-12-9-11-20(3)18-21)24(28)15-10-17-30-22-13-7-6-8-14-22/h6-9,11-14,18,23H,4-5,10,15-17,19H2,1-3H3,(H,26,29). The first-order valence-electron chi connectivity index (χ1n) is 10.9. The lowest BCUT2D eigenvalue weighted by atomic mass is 10.1. The number of nitrogens with zero attached hydrogens (tertiary/aromatic N) is 1. The van der Waals surface area contributed by atoms with Gasteiger partial charge in [0.2, 0.25) is 11.8 Å². The number of benzene rings is 2. The Kier molecular flexibility index (Phi) is 9.92. The maximum Gasteiger partial charge on any atom is 0.242 e. The summed E-state index contributed by atoms with van der Waals surface area (Å²) in [6.45, 7) is 7.51. The van der Waals surface area contributed by atoms with Crippen LogP contribution in [0.15, 0.2) is 54.6 Å². The molecule has 30 heavy (non-hydrogen) atoms. The summed E-state index contributed by atoms with van der Waals surface area (Å²) < 4.78 is 5.71. The highest BCUT2D eigenvalue weighted by molar-refractivity contribution is 5.87. The molecule has 0 saturated heterocycles. The van der Waals surface area contributed by atoms with Crippen LogP contribution in [0.3, 0.4) is 0 Å². The monoisotopic (exact) mass is 410 g/mol. The largest absolute Gasteiger partial charge is 0.494 e. The van der Waals surface area contributed by atoms with E-state index < -0.39 is 6.04 Å². The average molecular weight is 411 g/mol. The van der Waals surface area contributed by atoms with Crippen LogP contribution < -0.4 is 10.1 Å². The zero-order valence-electron chi connectivity index (χ0n) is 18.4. The van der Waals surface area contributed by atoms with Crippen molar-refractivity contribution in [2.75, 3.05) is 13.2 Å². The normalized spacial score (nSPS) is 11.6. The summed E-state index contributed by atoms with van der Waals surface area (Å²) in [5, 5.41) is 2.95. The number of aryl methyl sites for hydroxylation is 1. The topological polar surface area (TPSA) is 58.6 Å². The van der Waals surface area contributed by atoms with Gasteiger partial charge in [-0.3, -0.25) is 9.59 Å². The third kappa shape index (κ3) is 7.54. The molecule has 5 heteroatoms. The molecule has 2 amide bonds. The van der Waals surface area contributed by atoms with Gasteiger partial charge in [0, 0.05) is 19.5 Å². The van der Waals surface area contributed by atoms with E-state index in [-0.39, 0.29) is 11.8 Å². The van der Waals surface area contributed by atoms with Gasteiger partial charge in [0.25, 0.3) is 0 Å². The minimum atomic E-state index is -0.473. The second kappa shape index (κ2) is 12.7. The van der Waals surface area contributed by atoms with E-state index in [0.29, 0.717) is 39.0 Å². The van der Waals surface area contributed by atoms with Gasteiger partial charge in [-0.05, 0) is 43.9 Å². The zero-order chi connectivity index (χ0) is 21.8. The third-order valence-electron chi connectivity index (χ3n) is 4.92. The van der Waals surface area contributed by atoms with E-state index in [9.17, 15) is 9.59 Å². The van der Waals surface area contributed by atoms with Crippen LogP contribution in [0.1, 0.15) is 50.7 Å². The molecule has 1 unspecified atom stereocenters. The molecule has 1 N–H and O–H groups in total. The van der Waals surface area contributed by atoms with Crippen molar-refractivity contribution in [3.63, 3.8) is 0 Å². The molecule has 2 aromatic carbocycles. The summed E-state index contributed by atoms with van der Waals surface area (Å²) in [6, 6.07) is 17.2. The van der Waals surface area contributed by atoms with Gasteiger partial charge in [0.15, 0.2) is 0 Å². The smallest absolute Gasteiger partial charge is 0.242 e. The fraction of sp³-hybridized carbons (Fsp3) is 0.440. The minimum Gasteiger partial charge on any atom is -0.494 e. The Morgan fingerprint density at radius 2 is 1.83 bits per heavy atom. The van der Waals surface area contributed by atoms with Crippen molar-refractivity contribution < 1.29 is 14.3 Å². The molecular formula is C25H34N2O3. The summed E-state index contributed by atoms with van der Waals surface area (Å²) in [6.07, 6.45) is 2.39. The van der Waals surface area contributed by atoms with E-state index in [1.165, 1.54) is 0 Å². The number of rotatable bonds is 12. The minimum absolute atomic E-state index is 0.0216. The Morgan fingerprint density at radius 1 is 1.07 bits per heavy atom. The maximum atomic E-state index is 13.1. The van der Waals surface area contributed by atoms with E-state index in [2.05, 4.69) is 11.4 Å². The van der Waals surface area contributed by atoms with E-state index >= 15 is 0 Å². The second-order valence-electron chi connectivity index (χ2n) is 7.49. The fourth-order valence-corrected chi connectivity index (χ4v) is 3.37. The van der Waals surface area contributed by atoms with Crippen molar-refractivity contribution in [3.05, 3.63) is 65.7 Å². The van der Waals surface area contributed by atoms with Crippen molar-refractivity contribution in [2.45, 2.75) is 59.0 Å². The Bertz CT molecular complexity index is 792. The molecule has 0 spiro atoms. The predicted molar refractivity (Wildman–Crippen MR) is 120 cm³/mol. The van der Waals surface area contributed by atoms with Crippen LogP contribution in [0, 0.1) is 6.92 Å². The lowest BCUT2D eigenvalue weighted by Crippen LogP contribution is -2.49. The van der Waals surface area contributed by atoms with E-state index in [1.807, 2.05) is 69.3 Å². The number of hydrogen-bond donors (Lipinski definition) is 1. The van der Waals surface area contributed by atoms with Crippen LogP contribution in [0.2, 0.25) is 0 Å². The number of carbonyl (C=O) groups excluding carboxylic acids is 2. The predicted octanol–water partition coefficient (Wildman–Crippen LogP) is 4.49. The van der Waals surface area contributed by atoms with E-state index in [0.717, 1.165) is 23.3 Å². The van der Waals surface area contributed by atoms with Crippen LogP contribution in [-0.2, 0) is 16.1 Å². The third-order valence-corrected chi connectivity index (χ3v) is 4.92. The molecule has 2 aromatic rings. The second-order valence-corrected chi connectivity index (χ2v) is 7.49. The zero-order valence-corrected chi connectivity index (χ0v) is 18.4. The Labute approximate surface area is 180 Å². The molecule has 0 aromatic heterocycles. The molecular weight excluding hydrogens is 376 g/mol. The Morgan fingerprint density at radius 3 is 2.50 bits per heavy atom. The molecule has 0 bridgehead atoms. The first-order valence-corrected chi connectivity index (χ1v) is 10.9. The molecule has 0 radical (unpaired) electrons. The number of hydrogen-bond acceptors (Lipinski definition) is 3. The van der Waals surface area contributed by atoms with Crippen LogP contribution >= 0.6 is 0 Å². The molecule has 0 fully saturated rings. The van der Waals surface area contributed by atoms with E-state index in [4.69, 9.17) is 4.74 Å². The number of nitrogens with one attached hydrogen (secondary N) is 1. The summed E-state index contributed by atoms with van der Waals surface area (Å²) in [4.78, 5) is 27.6. The first-order chi connectivity index (χ1) is 14.5. The van der Waals surface area contributed by atoms with Crippen LogP contribution in [-0.4, -0.2) is 35.9 Å². The number of para-hydroxylation sites is 1. The Balaban J connectivity index is 2.04. The van der Waals surface area contributed by atoms with E-state index in [1.54, 1.807) is 4.90 Å². The molecule has 0 heterocycles. The lowest BCUT2D eigenvalue weighted by Gasteiger charge is -2.31. The van der Waals surface area contributed by atoms with Crippen molar-refractivity contribution in [1.82, 2.24) is 10.2 Å². The lowest BCUT2D eigenvalue weighted by molar-refractivity contribution is -0.141. The van der Waals surface area contributed by atoms with Crippen LogP contribution in [0.4, 0.5) is 0 Å². The SMILES string of the molecule is CCCNC(=O)C(CC)N(Cc1cccc(C)c1)C(=O)CCCOc1ccccc1. The van der Waals surface area contributed by atoms with Gasteiger partial charge in [-0.1, -0.05) is 61.9 Å². The van der Waals surface area contributed by atoms with Crippen LogP contribution in [0.25, 0.3) is 0 Å². The van der Waals surface area contributed by atoms with Crippen molar-refractivity contribution in [2.24, 2.45) is 0 Å². The fourth-order valence-electron chi connectivity index (χ4n) is 3.37. The highest BCUT2D eigenvalue weighted by Crippen LogP contribution is 2.16. The highest BCUT2D eigenvalue weighted by atomic mass is 16.5. The number of amides is 2. The van der Waals surface area contributed by atoms with Gasteiger partial charge < -0.3 is 15.0 Å². The van der Waals surface area contributed by atoms with Gasteiger partial charge in [-0.15, -0.1) is 0 Å². The number of carbonyl (C=O) groups is 2. The first kappa shape index (κ1) is 23.5. The van der Waals surface area contributed by atoms with Gasteiger partial charge in [-0.2, -0.15) is 0 Å². The quantitative estimate of drug-likeness (QED) is 0.525. The van der Waals surface area contributed by atoms with Crippen molar-refractivity contribution in [1.29, 1.82) is 0 Å². The van der Waals surface area contributed by atoms with Crippen molar-refractivity contribution in [3.8, 4) is 5.75 Å². The van der Waals surface area contributed by atoms with Crippen molar-refractivity contribution >= 4 is 11.8 Å². The highest BCUT2D eigenvalue weighted by Gasteiger charge is 2.28. The molecule has 0 aliphatic rings. The average Bonchev–Trinajstić information content (AvgIpc) is 2.75. The molecule has 0 saturated carbocycles. The van der Waals surface area contributed by atoms with Gasteiger partial charge in [-0.25, -0.2) is 0 Å². The number of ether oxygens (including phenoxy) is 1. The van der Waals surface area contributed by atoms with Gasteiger partial charge in [0.05, 0.1) is 6.61 Å². The van der Waals surface area contributed by atoms with Gasteiger partial charge >= 0.3 is 0 Å². The molecule has 1 atom stereocenters. The summed E-state index contributed by atoms with van der Waals surface area (Å²) in [5.74, 6) is 0.694.